The van der Waals surface area contributed by atoms with Gasteiger partial charge in [-0.15, -0.1) is 0 Å². The minimum atomic E-state index is -0.209. The minimum Gasteiger partial charge on any atom is -0.495 e. The molecule has 0 atom stereocenters. The second kappa shape index (κ2) is 7.37. The lowest BCUT2D eigenvalue weighted by Crippen LogP contribution is -2.13. The molecule has 5 aromatic rings. The molecule has 0 unspecified atom stereocenters. The zero-order valence-corrected chi connectivity index (χ0v) is 16.3. The summed E-state index contributed by atoms with van der Waals surface area (Å²) >= 11 is 0. The van der Waals surface area contributed by atoms with E-state index in [4.69, 9.17) is 9.15 Å². The average molecular weight is 394 g/mol. The highest BCUT2D eigenvalue weighted by molar-refractivity contribution is 6.13. The Bertz CT molecular complexity index is 1350. The van der Waals surface area contributed by atoms with Crippen LogP contribution < -0.4 is 10.1 Å². The van der Waals surface area contributed by atoms with Crippen molar-refractivity contribution in [1.82, 2.24) is 4.98 Å². The molecule has 146 valence electrons. The maximum absolute atomic E-state index is 13.1. The van der Waals surface area contributed by atoms with Gasteiger partial charge in [0.25, 0.3) is 5.91 Å². The fraction of sp³-hybridized carbons (Fsp3) is 0.0400. The van der Waals surface area contributed by atoms with Crippen LogP contribution in [0.3, 0.4) is 0 Å². The molecule has 30 heavy (non-hydrogen) atoms. The molecule has 0 saturated carbocycles. The molecule has 1 heterocycles. The Kier molecular flexibility index (Phi) is 4.41. The molecule has 0 fully saturated rings. The molecule has 0 saturated heterocycles. The van der Waals surface area contributed by atoms with Crippen LogP contribution in [0.2, 0.25) is 0 Å². The average Bonchev–Trinajstić information content (AvgIpc) is 3.23. The van der Waals surface area contributed by atoms with Gasteiger partial charge >= 0.3 is 0 Å². The number of aromatic nitrogens is 1. The van der Waals surface area contributed by atoms with Crippen molar-refractivity contribution in [2.24, 2.45) is 0 Å². The summed E-state index contributed by atoms with van der Waals surface area (Å²) in [6.45, 7) is 0. The maximum Gasteiger partial charge on any atom is 0.256 e. The van der Waals surface area contributed by atoms with Crippen molar-refractivity contribution in [3.05, 3.63) is 90.5 Å². The van der Waals surface area contributed by atoms with Crippen LogP contribution in [0.4, 0.5) is 5.69 Å². The van der Waals surface area contributed by atoms with E-state index in [0.29, 0.717) is 28.5 Å². The molecule has 0 aliphatic carbocycles. The Balaban J connectivity index is 1.53. The van der Waals surface area contributed by atoms with Crippen molar-refractivity contribution in [2.75, 3.05) is 12.4 Å². The number of anilines is 1. The lowest BCUT2D eigenvalue weighted by atomic mass is 10.0. The van der Waals surface area contributed by atoms with E-state index in [2.05, 4.69) is 10.3 Å². The first kappa shape index (κ1) is 17.9. The summed E-state index contributed by atoms with van der Waals surface area (Å²) in [5.41, 5.74) is 3.40. The number of hydrogen-bond donors (Lipinski definition) is 1. The number of benzene rings is 4. The smallest absolute Gasteiger partial charge is 0.256 e. The molecule has 5 nitrogen and oxygen atoms in total. The number of fused-ring (bicyclic) bond motifs is 2. The molecular weight excluding hydrogens is 376 g/mol. The van der Waals surface area contributed by atoms with Gasteiger partial charge in [0.1, 0.15) is 11.3 Å². The number of ether oxygens (including phenoxy) is 1. The van der Waals surface area contributed by atoms with E-state index in [-0.39, 0.29) is 5.91 Å². The minimum absolute atomic E-state index is 0.209. The standard InChI is InChI=1S/C25H18N2O3/c1-29-22-14-13-17(25-27-20-11-4-5-12-23(20)30-25)15-21(22)26-24(28)19-10-6-8-16-7-2-3-9-18(16)19/h2-15H,1H3,(H,26,28). The van der Waals surface area contributed by atoms with E-state index in [0.717, 1.165) is 21.9 Å². The van der Waals surface area contributed by atoms with Gasteiger partial charge in [0.05, 0.1) is 12.8 Å². The molecule has 0 bridgehead atoms. The highest BCUT2D eigenvalue weighted by Crippen LogP contribution is 2.32. The van der Waals surface area contributed by atoms with Crippen molar-refractivity contribution in [3.8, 4) is 17.2 Å². The van der Waals surface area contributed by atoms with E-state index in [9.17, 15) is 4.79 Å². The number of para-hydroxylation sites is 2. The first-order valence-corrected chi connectivity index (χ1v) is 9.56. The number of rotatable bonds is 4. The summed E-state index contributed by atoms with van der Waals surface area (Å²) in [6, 6.07) is 26.5. The third kappa shape index (κ3) is 3.16. The molecular formula is C25H18N2O3. The molecule has 1 aromatic heterocycles. The van der Waals surface area contributed by atoms with Gasteiger partial charge in [0, 0.05) is 11.1 Å². The Morgan fingerprint density at radius 1 is 0.933 bits per heavy atom. The number of carbonyl (C=O) groups excluding carboxylic acids is 1. The van der Waals surface area contributed by atoms with Crippen LogP contribution >= 0.6 is 0 Å². The van der Waals surface area contributed by atoms with Crippen molar-refractivity contribution in [1.29, 1.82) is 0 Å². The SMILES string of the molecule is COc1ccc(-c2nc3ccccc3o2)cc1NC(=O)c1cccc2ccccc12. The fourth-order valence-electron chi connectivity index (χ4n) is 3.55. The number of amides is 1. The van der Waals surface area contributed by atoms with Crippen LogP contribution in [0.5, 0.6) is 5.75 Å². The molecule has 1 amide bonds. The Morgan fingerprint density at radius 3 is 2.60 bits per heavy atom. The topological polar surface area (TPSA) is 64.4 Å². The normalized spacial score (nSPS) is 11.0. The van der Waals surface area contributed by atoms with Gasteiger partial charge < -0.3 is 14.5 Å². The van der Waals surface area contributed by atoms with E-state index in [1.807, 2.05) is 78.9 Å². The number of nitrogens with zero attached hydrogens (tertiary/aromatic N) is 1. The summed E-state index contributed by atoms with van der Waals surface area (Å²) < 4.78 is 11.3. The predicted molar refractivity (Wildman–Crippen MR) is 118 cm³/mol. The van der Waals surface area contributed by atoms with E-state index >= 15 is 0 Å². The molecule has 0 aliphatic heterocycles. The van der Waals surface area contributed by atoms with Gasteiger partial charge in [0.2, 0.25) is 5.89 Å². The summed E-state index contributed by atoms with van der Waals surface area (Å²) in [5.74, 6) is 0.836. The fourth-order valence-corrected chi connectivity index (χ4v) is 3.55. The zero-order chi connectivity index (χ0) is 20.5. The van der Waals surface area contributed by atoms with Crippen molar-refractivity contribution >= 4 is 33.5 Å². The van der Waals surface area contributed by atoms with Crippen molar-refractivity contribution in [2.45, 2.75) is 0 Å². The molecule has 0 aliphatic rings. The second-order valence-corrected chi connectivity index (χ2v) is 6.88. The predicted octanol–water partition coefficient (Wildman–Crippen LogP) is 5.91. The monoisotopic (exact) mass is 394 g/mol. The maximum atomic E-state index is 13.1. The highest BCUT2D eigenvalue weighted by atomic mass is 16.5. The summed E-state index contributed by atoms with van der Waals surface area (Å²) in [6.07, 6.45) is 0. The number of hydrogen-bond acceptors (Lipinski definition) is 4. The van der Waals surface area contributed by atoms with Gasteiger partial charge in [0.15, 0.2) is 5.58 Å². The third-order valence-electron chi connectivity index (χ3n) is 5.02. The largest absolute Gasteiger partial charge is 0.495 e. The van der Waals surface area contributed by atoms with Crippen LogP contribution in [-0.4, -0.2) is 18.0 Å². The van der Waals surface area contributed by atoms with Gasteiger partial charge in [-0.2, -0.15) is 0 Å². The van der Waals surface area contributed by atoms with Crippen LogP contribution in [0, 0.1) is 0 Å². The number of oxazole rings is 1. The van der Waals surface area contributed by atoms with E-state index in [1.165, 1.54) is 0 Å². The first-order chi connectivity index (χ1) is 14.7. The Hall–Kier alpha value is -4.12. The van der Waals surface area contributed by atoms with Crippen molar-refractivity contribution in [3.63, 3.8) is 0 Å². The zero-order valence-electron chi connectivity index (χ0n) is 16.3. The molecule has 0 spiro atoms. The van der Waals surface area contributed by atoms with Gasteiger partial charge in [-0.3, -0.25) is 4.79 Å². The van der Waals surface area contributed by atoms with Crippen LogP contribution in [-0.2, 0) is 0 Å². The molecule has 5 heteroatoms. The Morgan fingerprint density at radius 2 is 1.73 bits per heavy atom. The van der Waals surface area contributed by atoms with E-state index in [1.54, 1.807) is 13.2 Å². The highest BCUT2D eigenvalue weighted by Gasteiger charge is 2.15. The number of methoxy groups -OCH3 is 1. The second-order valence-electron chi connectivity index (χ2n) is 6.88. The lowest BCUT2D eigenvalue weighted by molar-refractivity contribution is 0.102. The Labute approximate surface area is 172 Å². The quantitative estimate of drug-likeness (QED) is 0.412. The molecule has 0 radical (unpaired) electrons. The number of nitrogens with one attached hydrogen (secondary N) is 1. The van der Waals surface area contributed by atoms with Crippen molar-refractivity contribution < 1.29 is 13.9 Å². The lowest BCUT2D eigenvalue weighted by Gasteiger charge is -2.12. The van der Waals surface area contributed by atoms with Gasteiger partial charge in [-0.25, -0.2) is 4.98 Å². The van der Waals surface area contributed by atoms with Gasteiger partial charge in [-0.1, -0.05) is 48.5 Å². The molecule has 1 N–H and O–H groups in total. The van der Waals surface area contributed by atoms with E-state index < -0.39 is 0 Å². The summed E-state index contributed by atoms with van der Waals surface area (Å²) in [4.78, 5) is 17.6. The summed E-state index contributed by atoms with van der Waals surface area (Å²) in [7, 11) is 1.57. The number of carbonyl (C=O) groups is 1. The first-order valence-electron chi connectivity index (χ1n) is 9.56. The van der Waals surface area contributed by atoms with Crippen LogP contribution in [0.25, 0.3) is 33.3 Å². The molecule has 5 rings (SSSR count). The van der Waals surface area contributed by atoms with Crippen LogP contribution in [0.1, 0.15) is 10.4 Å². The van der Waals surface area contributed by atoms with Crippen LogP contribution in [0.15, 0.2) is 89.3 Å². The summed E-state index contributed by atoms with van der Waals surface area (Å²) in [5, 5.41) is 4.89. The van der Waals surface area contributed by atoms with Gasteiger partial charge in [-0.05, 0) is 47.2 Å². The molecule has 4 aromatic carbocycles. The third-order valence-corrected chi connectivity index (χ3v) is 5.02.